The van der Waals surface area contributed by atoms with E-state index in [2.05, 4.69) is 4.72 Å². The van der Waals surface area contributed by atoms with Crippen molar-refractivity contribution in [2.24, 2.45) is 0 Å². The van der Waals surface area contributed by atoms with E-state index in [0.29, 0.717) is 0 Å². The van der Waals surface area contributed by atoms with E-state index < -0.39 is 16.0 Å². The predicted octanol–water partition coefficient (Wildman–Crippen LogP) is 1.45. The molecule has 2 aromatic carbocycles. The zero-order chi connectivity index (χ0) is 15.5. The molecule has 0 saturated carbocycles. The molecule has 0 aromatic heterocycles. The number of anilines is 1. The molecule has 2 aromatic rings. The van der Waals surface area contributed by atoms with Crippen LogP contribution in [-0.2, 0) is 16.6 Å². The maximum atomic E-state index is 12.2. The first-order chi connectivity index (χ1) is 9.90. The summed E-state index contributed by atoms with van der Waals surface area (Å²) in [5.74, 6) is -1.35. The minimum Gasteiger partial charge on any atom is -0.478 e. The van der Waals surface area contributed by atoms with Crippen LogP contribution >= 0.6 is 0 Å². The monoisotopic (exact) mass is 306 g/mol. The van der Waals surface area contributed by atoms with Crippen molar-refractivity contribution in [3.05, 3.63) is 59.7 Å². The molecule has 0 bridgehead atoms. The van der Waals surface area contributed by atoms with Crippen LogP contribution in [0.15, 0.2) is 53.4 Å². The summed E-state index contributed by atoms with van der Waals surface area (Å²) in [4.78, 5) is 10.8. The Kier molecular flexibility index (Phi) is 4.25. The predicted molar refractivity (Wildman–Crippen MR) is 78.3 cm³/mol. The molecule has 110 valence electrons. The van der Waals surface area contributed by atoms with Crippen molar-refractivity contribution in [2.75, 3.05) is 5.73 Å². The number of aromatic carboxylic acids is 1. The van der Waals surface area contributed by atoms with Gasteiger partial charge >= 0.3 is 5.97 Å². The van der Waals surface area contributed by atoms with Crippen molar-refractivity contribution in [3.63, 3.8) is 0 Å². The highest BCUT2D eigenvalue weighted by atomic mass is 32.2. The summed E-state index contributed by atoms with van der Waals surface area (Å²) >= 11 is 0. The summed E-state index contributed by atoms with van der Waals surface area (Å²) in [5.41, 5.74) is 6.10. The van der Waals surface area contributed by atoms with Gasteiger partial charge in [-0.05, 0) is 23.8 Å². The Morgan fingerprint density at radius 3 is 2.43 bits per heavy atom. The Labute approximate surface area is 122 Å². The largest absolute Gasteiger partial charge is 0.478 e. The van der Waals surface area contributed by atoms with Gasteiger partial charge in [0.25, 0.3) is 0 Å². The Morgan fingerprint density at radius 1 is 1.14 bits per heavy atom. The number of carboxylic acid groups (broad SMARTS) is 1. The molecular formula is C14H14N2O4S. The van der Waals surface area contributed by atoms with Crippen LogP contribution in [0.25, 0.3) is 0 Å². The van der Waals surface area contributed by atoms with E-state index >= 15 is 0 Å². The van der Waals surface area contributed by atoms with Gasteiger partial charge in [0.15, 0.2) is 0 Å². The van der Waals surface area contributed by atoms with Crippen molar-refractivity contribution in [3.8, 4) is 0 Å². The Bertz CT molecular complexity index is 758. The van der Waals surface area contributed by atoms with Crippen LogP contribution in [0.4, 0.5) is 5.69 Å². The highest BCUT2D eigenvalue weighted by Gasteiger charge is 2.22. The number of nitrogens with one attached hydrogen (secondary N) is 1. The van der Waals surface area contributed by atoms with E-state index in [1.54, 1.807) is 24.3 Å². The second-order valence-electron chi connectivity index (χ2n) is 4.37. The van der Waals surface area contributed by atoms with E-state index in [1.165, 1.54) is 12.1 Å². The zero-order valence-corrected chi connectivity index (χ0v) is 11.8. The van der Waals surface area contributed by atoms with Gasteiger partial charge < -0.3 is 10.8 Å². The maximum absolute atomic E-state index is 12.2. The molecular weight excluding hydrogens is 292 g/mol. The van der Waals surface area contributed by atoms with E-state index in [1.807, 2.05) is 6.07 Å². The minimum atomic E-state index is -3.94. The van der Waals surface area contributed by atoms with Crippen LogP contribution in [0.2, 0.25) is 0 Å². The first kappa shape index (κ1) is 15.0. The van der Waals surface area contributed by atoms with Crippen LogP contribution in [0.3, 0.4) is 0 Å². The summed E-state index contributed by atoms with van der Waals surface area (Å²) in [5, 5.41) is 9.09. The fourth-order valence-electron chi connectivity index (χ4n) is 1.80. The lowest BCUT2D eigenvalue weighted by Crippen LogP contribution is -2.25. The molecule has 0 fully saturated rings. The topological polar surface area (TPSA) is 109 Å². The zero-order valence-electron chi connectivity index (χ0n) is 11.0. The molecule has 0 aliphatic heterocycles. The van der Waals surface area contributed by atoms with Crippen LogP contribution in [0.5, 0.6) is 0 Å². The summed E-state index contributed by atoms with van der Waals surface area (Å²) in [6.07, 6.45) is 0. The van der Waals surface area contributed by atoms with Crippen molar-refractivity contribution < 1.29 is 18.3 Å². The fourth-order valence-corrected chi connectivity index (χ4v) is 3.00. The van der Waals surface area contributed by atoms with Crippen molar-refractivity contribution >= 4 is 21.7 Å². The molecule has 0 amide bonds. The van der Waals surface area contributed by atoms with Crippen LogP contribution in [0.1, 0.15) is 15.9 Å². The van der Waals surface area contributed by atoms with Gasteiger partial charge in [0, 0.05) is 12.2 Å². The maximum Gasteiger partial charge on any atom is 0.337 e. The summed E-state index contributed by atoms with van der Waals surface area (Å²) in [6.45, 7) is 0.0760. The van der Waals surface area contributed by atoms with Crippen molar-refractivity contribution in [1.29, 1.82) is 0 Å². The van der Waals surface area contributed by atoms with Crippen LogP contribution in [0, 0.1) is 0 Å². The first-order valence-electron chi connectivity index (χ1n) is 6.06. The highest BCUT2D eigenvalue weighted by Crippen LogP contribution is 2.19. The van der Waals surface area contributed by atoms with Crippen LogP contribution in [-0.4, -0.2) is 19.5 Å². The van der Waals surface area contributed by atoms with Gasteiger partial charge in [-0.15, -0.1) is 0 Å². The lowest BCUT2D eigenvalue weighted by atomic mass is 10.2. The number of rotatable bonds is 5. The molecule has 0 radical (unpaired) electrons. The lowest BCUT2D eigenvalue weighted by molar-refractivity contribution is 0.0692. The summed E-state index contributed by atoms with van der Waals surface area (Å²) in [7, 11) is -3.94. The van der Waals surface area contributed by atoms with E-state index in [4.69, 9.17) is 10.8 Å². The SMILES string of the molecule is Nc1ccc(S(=O)(=O)NCc2ccccc2)c(C(=O)O)c1. The number of carboxylic acids is 1. The third kappa shape index (κ3) is 3.59. The average Bonchev–Trinajstić information content (AvgIpc) is 2.46. The Morgan fingerprint density at radius 2 is 1.81 bits per heavy atom. The van der Waals surface area contributed by atoms with Crippen molar-refractivity contribution in [2.45, 2.75) is 11.4 Å². The molecule has 7 heteroatoms. The second-order valence-corrected chi connectivity index (χ2v) is 6.11. The highest BCUT2D eigenvalue weighted by molar-refractivity contribution is 7.89. The second kappa shape index (κ2) is 5.94. The number of benzene rings is 2. The summed E-state index contributed by atoms with van der Waals surface area (Å²) in [6, 6.07) is 12.6. The van der Waals surface area contributed by atoms with Gasteiger partial charge in [0.2, 0.25) is 10.0 Å². The van der Waals surface area contributed by atoms with Gasteiger partial charge in [-0.2, -0.15) is 0 Å². The molecule has 0 unspecified atom stereocenters. The third-order valence-corrected chi connectivity index (χ3v) is 4.29. The normalized spacial score (nSPS) is 11.2. The lowest BCUT2D eigenvalue weighted by Gasteiger charge is -2.10. The molecule has 0 heterocycles. The number of sulfonamides is 1. The smallest absolute Gasteiger partial charge is 0.337 e. The van der Waals surface area contributed by atoms with Gasteiger partial charge in [-0.25, -0.2) is 17.9 Å². The van der Waals surface area contributed by atoms with Gasteiger partial charge in [-0.1, -0.05) is 30.3 Å². The molecule has 0 aliphatic rings. The quantitative estimate of drug-likeness (QED) is 0.724. The van der Waals surface area contributed by atoms with E-state index in [0.717, 1.165) is 11.6 Å². The Hall–Kier alpha value is -2.38. The minimum absolute atomic E-state index is 0.0760. The molecule has 2 rings (SSSR count). The standard InChI is InChI=1S/C14H14N2O4S/c15-11-6-7-13(12(8-11)14(17)18)21(19,20)16-9-10-4-2-1-3-5-10/h1-8,16H,9,15H2,(H,17,18). The number of nitrogens with two attached hydrogens (primary N) is 1. The molecule has 0 aliphatic carbocycles. The van der Waals surface area contributed by atoms with Crippen LogP contribution < -0.4 is 10.5 Å². The number of hydrogen-bond donors (Lipinski definition) is 3. The average molecular weight is 306 g/mol. The number of hydrogen-bond acceptors (Lipinski definition) is 4. The number of nitrogen functional groups attached to an aromatic ring is 1. The Balaban J connectivity index is 2.30. The number of carbonyl (C=O) groups is 1. The van der Waals surface area contributed by atoms with E-state index in [9.17, 15) is 13.2 Å². The van der Waals surface area contributed by atoms with E-state index in [-0.39, 0.29) is 22.7 Å². The van der Waals surface area contributed by atoms with Gasteiger partial charge in [-0.3, -0.25) is 0 Å². The third-order valence-electron chi connectivity index (χ3n) is 2.83. The first-order valence-corrected chi connectivity index (χ1v) is 7.55. The molecule has 6 nitrogen and oxygen atoms in total. The fraction of sp³-hybridized carbons (Fsp3) is 0.0714. The molecule has 4 N–H and O–H groups in total. The molecule has 0 saturated heterocycles. The molecule has 0 spiro atoms. The molecule has 0 atom stereocenters. The molecule has 21 heavy (non-hydrogen) atoms. The van der Waals surface area contributed by atoms with Gasteiger partial charge in [0.1, 0.15) is 0 Å². The van der Waals surface area contributed by atoms with Crippen molar-refractivity contribution in [1.82, 2.24) is 4.72 Å². The summed E-state index contributed by atoms with van der Waals surface area (Å²) < 4.78 is 26.8. The van der Waals surface area contributed by atoms with Gasteiger partial charge in [0.05, 0.1) is 10.5 Å².